The molecule has 0 N–H and O–H groups in total. The Labute approximate surface area is 146 Å². The third kappa shape index (κ3) is 2.68. The van der Waals surface area contributed by atoms with Gasteiger partial charge >= 0.3 is 0 Å². The van der Waals surface area contributed by atoms with Crippen molar-refractivity contribution in [1.29, 1.82) is 0 Å². The maximum atomic E-state index is 2.84. The number of fused-ring (bicyclic) bond motifs is 2. The molecule has 4 aliphatic rings. The molecular formula is C22H40Si. The summed E-state index contributed by atoms with van der Waals surface area (Å²) in [6.45, 7) is 10.9. The van der Waals surface area contributed by atoms with E-state index in [1.165, 1.54) is 23.9 Å². The predicted octanol–water partition coefficient (Wildman–Crippen LogP) is 7.13. The first-order valence-electron chi connectivity index (χ1n) is 11.0. The molecule has 0 spiro atoms. The van der Waals surface area contributed by atoms with Crippen LogP contribution in [0.2, 0.25) is 24.2 Å². The Balaban J connectivity index is 1.57. The van der Waals surface area contributed by atoms with Gasteiger partial charge in [0, 0.05) is 0 Å². The zero-order valence-corrected chi connectivity index (χ0v) is 17.2. The van der Waals surface area contributed by atoms with E-state index in [4.69, 9.17) is 0 Å². The molecule has 0 heterocycles. The molecule has 0 amide bonds. The minimum absolute atomic E-state index is 1.04. The van der Waals surface area contributed by atoms with Gasteiger partial charge in [0.15, 0.2) is 0 Å². The van der Waals surface area contributed by atoms with Crippen molar-refractivity contribution in [2.75, 3.05) is 0 Å². The van der Waals surface area contributed by atoms with Gasteiger partial charge < -0.3 is 0 Å². The third-order valence-electron chi connectivity index (χ3n) is 9.41. The molecular weight excluding hydrogens is 292 g/mol. The molecule has 4 aliphatic carbocycles. The molecule has 0 aliphatic heterocycles. The molecule has 23 heavy (non-hydrogen) atoms. The molecule has 0 bridgehead atoms. The molecule has 132 valence electrons. The Morgan fingerprint density at radius 3 is 1.30 bits per heavy atom. The van der Waals surface area contributed by atoms with Crippen LogP contribution in [0.4, 0.5) is 0 Å². The first kappa shape index (κ1) is 16.7. The molecule has 1 heteroatoms. The SMILES string of the molecule is CC1CC([Si](C)(C)C2CC(C)C3CCCCC32)C2CCCCC12. The smallest absolute Gasteiger partial charge is 0.0541 e. The number of rotatable bonds is 2. The second-order valence-electron chi connectivity index (χ2n) is 10.7. The van der Waals surface area contributed by atoms with Crippen LogP contribution < -0.4 is 0 Å². The van der Waals surface area contributed by atoms with Crippen molar-refractivity contribution < 1.29 is 0 Å². The Kier molecular flexibility index (Phi) is 4.48. The van der Waals surface area contributed by atoms with Crippen LogP contribution >= 0.6 is 0 Å². The summed E-state index contributed by atoms with van der Waals surface area (Å²) in [5.41, 5.74) is 2.33. The molecule has 0 aromatic rings. The van der Waals surface area contributed by atoms with Crippen molar-refractivity contribution >= 4 is 8.07 Å². The van der Waals surface area contributed by atoms with Crippen LogP contribution in [0.25, 0.3) is 0 Å². The quantitative estimate of drug-likeness (QED) is 0.472. The molecule has 8 atom stereocenters. The van der Waals surface area contributed by atoms with E-state index in [2.05, 4.69) is 26.9 Å². The van der Waals surface area contributed by atoms with Crippen LogP contribution in [0.1, 0.15) is 78.1 Å². The predicted molar refractivity (Wildman–Crippen MR) is 103 cm³/mol. The van der Waals surface area contributed by atoms with Gasteiger partial charge in [0.25, 0.3) is 0 Å². The van der Waals surface area contributed by atoms with E-state index < -0.39 is 8.07 Å². The van der Waals surface area contributed by atoms with E-state index in [1.807, 2.05) is 0 Å². The maximum Gasteiger partial charge on any atom is 0.0541 e. The van der Waals surface area contributed by atoms with Crippen molar-refractivity contribution in [3.63, 3.8) is 0 Å². The average Bonchev–Trinajstić information content (AvgIpc) is 3.08. The van der Waals surface area contributed by atoms with Gasteiger partial charge in [0.05, 0.1) is 8.07 Å². The van der Waals surface area contributed by atoms with Gasteiger partial charge in [-0.3, -0.25) is 0 Å². The van der Waals surface area contributed by atoms with E-state index in [1.54, 1.807) is 51.4 Å². The average molecular weight is 333 g/mol. The number of hydrogen-bond donors (Lipinski definition) is 0. The minimum atomic E-state index is -1.14. The summed E-state index contributed by atoms with van der Waals surface area (Å²) in [6.07, 6.45) is 15.7. The zero-order chi connectivity index (χ0) is 16.2. The zero-order valence-electron chi connectivity index (χ0n) is 16.2. The van der Waals surface area contributed by atoms with E-state index in [9.17, 15) is 0 Å². The van der Waals surface area contributed by atoms with Gasteiger partial charge in [-0.05, 0) is 72.3 Å². The fraction of sp³-hybridized carbons (Fsp3) is 1.00. The van der Waals surface area contributed by atoms with Crippen LogP contribution in [0, 0.1) is 35.5 Å². The maximum absolute atomic E-state index is 2.84. The summed E-state index contributed by atoms with van der Waals surface area (Å²) >= 11 is 0. The normalized spacial score (nSPS) is 50.6. The van der Waals surface area contributed by atoms with Gasteiger partial charge in [-0.1, -0.05) is 65.5 Å². The summed E-state index contributed by atoms with van der Waals surface area (Å²) in [4.78, 5) is 0. The van der Waals surface area contributed by atoms with Gasteiger partial charge in [0.1, 0.15) is 0 Å². The Morgan fingerprint density at radius 1 is 0.565 bits per heavy atom. The largest absolute Gasteiger partial charge is 0.0689 e. The lowest BCUT2D eigenvalue weighted by atomic mass is 9.78. The highest BCUT2D eigenvalue weighted by molar-refractivity contribution is 6.80. The molecule has 4 saturated carbocycles. The van der Waals surface area contributed by atoms with Gasteiger partial charge in [-0.25, -0.2) is 0 Å². The van der Waals surface area contributed by atoms with Gasteiger partial charge in [-0.15, -0.1) is 0 Å². The molecule has 0 nitrogen and oxygen atoms in total. The van der Waals surface area contributed by atoms with Crippen LogP contribution in [-0.2, 0) is 0 Å². The molecule has 0 aromatic carbocycles. The van der Waals surface area contributed by atoms with Crippen molar-refractivity contribution in [3.8, 4) is 0 Å². The monoisotopic (exact) mass is 332 g/mol. The third-order valence-corrected chi connectivity index (χ3v) is 14.6. The highest BCUT2D eigenvalue weighted by Crippen LogP contribution is 2.63. The van der Waals surface area contributed by atoms with Crippen molar-refractivity contribution in [2.45, 2.75) is 102 Å². The summed E-state index contributed by atoms with van der Waals surface area (Å²) in [5.74, 6) is 6.58. The topological polar surface area (TPSA) is 0 Å². The fourth-order valence-corrected chi connectivity index (χ4v) is 13.8. The van der Waals surface area contributed by atoms with E-state index in [0.717, 1.165) is 35.5 Å². The lowest BCUT2D eigenvalue weighted by Gasteiger charge is -2.45. The van der Waals surface area contributed by atoms with Crippen molar-refractivity contribution in [3.05, 3.63) is 0 Å². The highest BCUT2D eigenvalue weighted by Gasteiger charge is 2.56. The highest BCUT2D eigenvalue weighted by atomic mass is 28.3. The molecule has 4 rings (SSSR count). The standard InChI is InChI=1S/C22H40Si/c1-15-13-21(19-11-7-5-9-17(15)19)23(3,4)22-14-16(2)18-10-6-8-12-20(18)22/h15-22H,5-14H2,1-4H3. The Morgan fingerprint density at radius 2 is 0.913 bits per heavy atom. The molecule has 0 radical (unpaired) electrons. The summed E-state index contributed by atoms with van der Waals surface area (Å²) in [7, 11) is -1.14. The van der Waals surface area contributed by atoms with Crippen LogP contribution in [0.3, 0.4) is 0 Å². The van der Waals surface area contributed by atoms with Gasteiger partial charge in [-0.2, -0.15) is 0 Å². The number of hydrogen-bond acceptors (Lipinski definition) is 0. The van der Waals surface area contributed by atoms with Crippen molar-refractivity contribution in [1.82, 2.24) is 0 Å². The van der Waals surface area contributed by atoms with Gasteiger partial charge in [0.2, 0.25) is 0 Å². The second kappa shape index (κ2) is 6.18. The van der Waals surface area contributed by atoms with Crippen LogP contribution in [-0.4, -0.2) is 8.07 Å². The lowest BCUT2D eigenvalue weighted by molar-refractivity contribution is 0.230. The lowest BCUT2D eigenvalue weighted by Crippen LogP contribution is -2.43. The fourth-order valence-electron chi connectivity index (χ4n) is 8.27. The Bertz CT molecular complexity index is 390. The van der Waals surface area contributed by atoms with E-state index >= 15 is 0 Å². The first-order chi connectivity index (χ1) is 11.0. The second-order valence-corrected chi connectivity index (χ2v) is 15.8. The van der Waals surface area contributed by atoms with E-state index in [-0.39, 0.29) is 0 Å². The molecule has 0 saturated heterocycles. The Hall–Kier alpha value is 0.217. The summed E-state index contributed by atoms with van der Waals surface area (Å²) in [5, 5.41) is 0. The molecule has 8 unspecified atom stereocenters. The first-order valence-corrected chi connectivity index (χ1v) is 14.2. The molecule has 0 aromatic heterocycles. The van der Waals surface area contributed by atoms with Crippen molar-refractivity contribution in [2.24, 2.45) is 35.5 Å². The minimum Gasteiger partial charge on any atom is -0.0689 e. The van der Waals surface area contributed by atoms with Crippen LogP contribution in [0.5, 0.6) is 0 Å². The summed E-state index contributed by atoms with van der Waals surface area (Å²) in [6, 6.07) is 0. The molecule has 4 fully saturated rings. The summed E-state index contributed by atoms with van der Waals surface area (Å²) < 4.78 is 0. The van der Waals surface area contributed by atoms with Crippen LogP contribution in [0.15, 0.2) is 0 Å². The van der Waals surface area contributed by atoms with E-state index in [0.29, 0.717) is 0 Å².